The van der Waals surface area contributed by atoms with Crippen molar-refractivity contribution in [2.24, 2.45) is 4.99 Å². The van der Waals surface area contributed by atoms with E-state index in [1.165, 1.54) is 23.5 Å². The van der Waals surface area contributed by atoms with E-state index in [1.807, 2.05) is 25.3 Å². The minimum atomic E-state index is -3.87. The zero-order valence-electron chi connectivity index (χ0n) is 19.2. The number of fused-ring (bicyclic) bond motifs is 1. The Bertz CT molecular complexity index is 1580. The highest BCUT2D eigenvalue weighted by Gasteiger charge is 2.19. The molecule has 0 saturated carbocycles. The minimum absolute atomic E-state index is 0.122. The molecule has 0 unspecified atom stereocenters. The Morgan fingerprint density at radius 3 is 2.44 bits per heavy atom. The molecule has 1 N–H and O–H groups in total. The van der Waals surface area contributed by atoms with Crippen LogP contribution in [0.3, 0.4) is 0 Å². The number of thiazole rings is 1. The number of benzene rings is 3. The predicted octanol–water partition coefficient (Wildman–Crippen LogP) is 5.36. The Balaban J connectivity index is 1.77. The number of carbonyl (C=O) groups is 1. The number of aromatic nitrogens is 1. The summed E-state index contributed by atoms with van der Waals surface area (Å²) in [6.07, 6.45) is 1.76. The number of para-hydroxylation sites is 1. The fourth-order valence-electron chi connectivity index (χ4n) is 3.54. The maximum Gasteiger partial charge on any atom is 0.281 e. The number of amides is 1. The number of allylic oxidation sites excluding steroid dienone is 1. The summed E-state index contributed by atoms with van der Waals surface area (Å²) >= 11 is 1.42. The summed E-state index contributed by atoms with van der Waals surface area (Å²) in [5.41, 5.74) is 4.60. The van der Waals surface area contributed by atoms with Gasteiger partial charge in [-0.1, -0.05) is 47.2 Å². The molecule has 3 aromatic carbocycles. The summed E-state index contributed by atoms with van der Waals surface area (Å²) in [5, 5.41) is 0. The standard InChI is InChI=1S/C26H25N3O3S2/c1-5-14-29-23-15-18(3)19(4)16-24(23)33-26(29)27-25(30)21-8-6-7-9-22(21)28-34(31,32)20-12-10-17(2)11-13-20/h5-13,15-16,28H,1,14H2,2-4H3. The van der Waals surface area contributed by atoms with Crippen molar-refractivity contribution in [2.45, 2.75) is 32.2 Å². The molecule has 4 rings (SSSR count). The zero-order valence-corrected chi connectivity index (χ0v) is 20.8. The Hall–Kier alpha value is -3.49. The molecule has 0 spiro atoms. The SMILES string of the molecule is C=CCn1c(=NC(=O)c2ccccc2NS(=O)(=O)c2ccc(C)cc2)sc2cc(C)c(C)cc21. The van der Waals surface area contributed by atoms with Gasteiger partial charge in [-0.2, -0.15) is 4.99 Å². The fraction of sp³-hybridized carbons (Fsp3) is 0.154. The summed E-state index contributed by atoms with van der Waals surface area (Å²) in [6.45, 7) is 10.3. The van der Waals surface area contributed by atoms with Crippen LogP contribution in [0.5, 0.6) is 0 Å². The van der Waals surface area contributed by atoms with Crippen molar-refractivity contribution in [2.75, 3.05) is 4.72 Å². The van der Waals surface area contributed by atoms with Gasteiger partial charge in [-0.3, -0.25) is 9.52 Å². The maximum atomic E-state index is 13.2. The summed E-state index contributed by atoms with van der Waals surface area (Å²) in [7, 11) is -3.87. The van der Waals surface area contributed by atoms with Gasteiger partial charge in [-0.25, -0.2) is 8.42 Å². The topological polar surface area (TPSA) is 80.5 Å². The fourth-order valence-corrected chi connectivity index (χ4v) is 5.74. The molecule has 4 aromatic rings. The van der Waals surface area contributed by atoms with Crippen molar-refractivity contribution in [1.82, 2.24) is 4.57 Å². The molecule has 1 aromatic heterocycles. The third-order valence-corrected chi connectivity index (χ3v) is 7.96. The third-order valence-electron chi connectivity index (χ3n) is 5.54. The lowest BCUT2D eigenvalue weighted by atomic mass is 10.1. The number of carbonyl (C=O) groups excluding carboxylic acids is 1. The number of nitrogens with zero attached hydrogens (tertiary/aromatic N) is 2. The average molecular weight is 492 g/mol. The van der Waals surface area contributed by atoms with Gasteiger partial charge in [0.15, 0.2) is 4.80 Å². The number of rotatable bonds is 6. The van der Waals surface area contributed by atoms with Crippen LogP contribution in [-0.2, 0) is 16.6 Å². The second-order valence-corrected chi connectivity index (χ2v) is 10.8. The number of nitrogens with one attached hydrogen (secondary N) is 1. The number of aryl methyl sites for hydroxylation is 3. The van der Waals surface area contributed by atoms with E-state index in [9.17, 15) is 13.2 Å². The van der Waals surface area contributed by atoms with Crippen LogP contribution >= 0.6 is 11.3 Å². The summed E-state index contributed by atoms with van der Waals surface area (Å²) in [4.78, 5) is 18.3. The number of sulfonamides is 1. The van der Waals surface area contributed by atoms with Crippen LogP contribution in [0.2, 0.25) is 0 Å². The monoisotopic (exact) mass is 491 g/mol. The molecule has 6 nitrogen and oxygen atoms in total. The predicted molar refractivity (Wildman–Crippen MR) is 138 cm³/mol. The molecular formula is C26H25N3O3S2. The first kappa shape index (κ1) is 23.7. The molecule has 0 fully saturated rings. The highest BCUT2D eigenvalue weighted by atomic mass is 32.2. The highest BCUT2D eigenvalue weighted by Crippen LogP contribution is 2.24. The molecule has 0 bridgehead atoms. The smallest absolute Gasteiger partial charge is 0.281 e. The molecule has 174 valence electrons. The molecule has 8 heteroatoms. The first-order chi connectivity index (χ1) is 16.2. The molecule has 0 aliphatic rings. The lowest BCUT2D eigenvalue weighted by molar-refractivity contribution is 0.0998. The lowest BCUT2D eigenvalue weighted by Gasteiger charge is -2.11. The van der Waals surface area contributed by atoms with Gasteiger partial charge in [-0.05, 0) is 68.3 Å². The van der Waals surface area contributed by atoms with E-state index < -0.39 is 15.9 Å². The van der Waals surface area contributed by atoms with E-state index in [0.717, 1.165) is 26.9 Å². The highest BCUT2D eigenvalue weighted by molar-refractivity contribution is 7.92. The molecule has 0 aliphatic heterocycles. The summed E-state index contributed by atoms with van der Waals surface area (Å²) in [6, 6.07) is 17.2. The van der Waals surface area contributed by atoms with Crippen LogP contribution in [0.1, 0.15) is 27.0 Å². The molecular weight excluding hydrogens is 466 g/mol. The van der Waals surface area contributed by atoms with E-state index in [1.54, 1.807) is 42.5 Å². The van der Waals surface area contributed by atoms with Gasteiger partial charge in [0.2, 0.25) is 0 Å². The third kappa shape index (κ3) is 4.73. The van der Waals surface area contributed by atoms with Crippen LogP contribution in [0.4, 0.5) is 5.69 Å². The normalized spacial score (nSPS) is 12.1. The minimum Gasteiger partial charge on any atom is -0.312 e. The van der Waals surface area contributed by atoms with E-state index in [0.29, 0.717) is 11.3 Å². The van der Waals surface area contributed by atoms with E-state index in [4.69, 9.17) is 0 Å². The van der Waals surface area contributed by atoms with Crippen LogP contribution in [0.15, 0.2) is 83.2 Å². The van der Waals surface area contributed by atoms with Gasteiger partial charge in [-0.15, -0.1) is 6.58 Å². The van der Waals surface area contributed by atoms with Gasteiger partial charge < -0.3 is 4.57 Å². The van der Waals surface area contributed by atoms with Gasteiger partial charge in [0.05, 0.1) is 26.4 Å². The van der Waals surface area contributed by atoms with Crippen molar-refractivity contribution in [3.8, 4) is 0 Å². The van der Waals surface area contributed by atoms with E-state index in [2.05, 4.69) is 28.4 Å². The van der Waals surface area contributed by atoms with Crippen LogP contribution < -0.4 is 9.52 Å². The lowest BCUT2D eigenvalue weighted by Crippen LogP contribution is -2.18. The molecule has 1 heterocycles. The maximum absolute atomic E-state index is 13.2. The summed E-state index contributed by atoms with van der Waals surface area (Å²) in [5.74, 6) is -0.528. The Labute approximate surface area is 203 Å². The second kappa shape index (κ2) is 9.40. The molecule has 0 aliphatic carbocycles. The molecule has 0 atom stereocenters. The van der Waals surface area contributed by atoms with Gasteiger partial charge >= 0.3 is 0 Å². The number of anilines is 1. The van der Waals surface area contributed by atoms with Crippen molar-refractivity contribution in [3.63, 3.8) is 0 Å². The van der Waals surface area contributed by atoms with Crippen molar-refractivity contribution in [1.29, 1.82) is 0 Å². The zero-order chi connectivity index (χ0) is 24.5. The quantitative estimate of drug-likeness (QED) is 0.369. The summed E-state index contributed by atoms with van der Waals surface area (Å²) < 4.78 is 31.3. The van der Waals surface area contributed by atoms with Crippen LogP contribution in [-0.4, -0.2) is 18.9 Å². The van der Waals surface area contributed by atoms with Gasteiger partial charge in [0.25, 0.3) is 15.9 Å². The molecule has 0 saturated heterocycles. The van der Waals surface area contributed by atoms with Crippen molar-refractivity contribution >= 4 is 43.2 Å². The number of hydrogen-bond donors (Lipinski definition) is 1. The number of hydrogen-bond acceptors (Lipinski definition) is 4. The Morgan fingerprint density at radius 1 is 1.06 bits per heavy atom. The Kier molecular flexibility index (Phi) is 6.54. The average Bonchev–Trinajstić information content (AvgIpc) is 3.10. The largest absolute Gasteiger partial charge is 0.312 e. The van der Waals surface area contributed by atoms with Crippen LogP contribution in [0, 0.1) is 20.8 Å². The van der Waals surface area contributed by atoms with Gasteiger partial charge in [0.1, 0.15) is 0 Å². The molecule has 1 amide bonds. The van der Waals surface area contributed by atoms with E-state index >= 15 is 0 Å². The first-order valence-corrected chi connectivity index (χ1v) is 13.0. The molecule has 0 radical (unpaired) electrons. The van der Waals surface area contributed by atoms with E-state index in [-0.39, 0.29) is 16.1 Å². The second-order valence-electron chi connectivity index (χ2n) is 8.07. The van der Waals surface area contributed by atoms with Gasteiger partial charge in [0, 0.05) is 6.54 Å². The first-order valence-electron chi connectivity index (χ1n) is 10.7. The van der Waals surface area contributed by atoms with Crippen LogP contribution in [0.25, 0.3) is 10.2 Å². The van der Waals surface area contributed by atoms with Crippen molar-refractivity contribution in [3.05, 3.63) is 100 Å². The molecule has 34 heavy (non-hydrogen) atoms. The van der Waals surface area contributed by atoms with Crippen molar-refractivity contribution < 1.29 is 13.2 Å². The Morgan fingerprint density at radius 2 is 1.74 bits per heavy atom.